The number of nitrogens with zero attached hydrogens (tertiary/aromatic N) is 1. The Labute approximate surface area is 172 Å². The summed E-state index contributed by atoms with van der Waals surface area (Å²) < 4.78 is 40.2. The number of amides is 1. The first kappa shape index (κ1) is 21.5. The fourth-order valence-corrected chi connectivity index (χ4v) is 4.80. The lowest BCUT2D eigenvalue weighted by Crippen LogP contribution is -2.41. The van der Waals surface area contributed by atoms with Crippen LogP contribution in [0.5, 0.6) is 0 Å². The number of hydrogen-bond acceptors (Lipinski definition) is 3. The minimum absolute atomic E-state index is 0.0465. The highest BCUT2D eigenvalue weighted by Crippen LogP contribution is 2.24. The fraction of sp³-hybridized carbons (Fsp3) is 0.409. The summed E-state index contributed by atoms with van der Waals surface area (Å²) in [4.78, 5) is 14.9. The molecule has 1 aliphatic rings. The third-order valence-corrected chi connectivity index (χ3v) is 6.80. The molecule has 0 heterocycles. The number of carbonyl (C=O) groups excluding carboxylic acids is 1. The summed E-state index contributed by atoms with van der Waals surface area (Å²) in [5.74, 6) is -0.321. The van der Waals surface area contributed by atoms with E-state index >= 15 is 0 Å². The molecular formula is C22H27FN2O3S. The Morgan fingerprint density at radius 1 is 1.03 bits per heavy atom. The first-order chi connectivity index (χ1) is 14.0. The molecule has 7 heteroatoms. The quantitative estimate of drug-likeness (QED) is 0.678. The maximum absolute atomic E-state index is 13.1. The van der Waals surface area contributed by atoms with Gasteiger partial charge in [0.15, 0.2) is 0 Å². The van der Waals surface area contributed by atoms with Crippen molar-refractivity contribution < 1.29 is 17.6 Å². The number of halogens is 1. The van der Waals surface area contributed by atoms with E-state index in [0.717, 1.165) is 31.2 Å². The van der Waals surface area contributed by atoms with Crippen molar-refractivity contribution in [3.63, 3.8) is 0 Å². The van der Waals surface area contributed by atoms with Gasteiger partial charge in [0.1, 0.15) is 5.82 Å². The third-order valence-electron chi connectivity index (χ3n) is 5.32. The summed E-state index contributed by atoms with van der Waals surface area (Å²) in [5, 5.41) is 0. The second-order valence-electron chi connectivity index (χ2n) is 7.36. The molecule has 0 aromatic heterocycles. The molecule has 2 aromatic rings. The highest BCUT2D eigenvalue weighted by molar-refractivity contribution is 7.89. The van der Waals surface area contributed by atoms with Crippen LogP contribution in [0.2, 0.25) is 0 Å². The zero-order valence-electron chi connectivity index (χ0n) is 16.4. The molecule has 1 saturated carbocycles. The van der Waals surface area contributed by atoms with Gasteiger partial charge >= 0.3 is 0 Å². The van der Waals surface area contributed by atoms with Gasteiger partial charge in [-0.25, -0.2) is 17.5 Å². The molecule has 0 radical (unpaired) electrons. The van der Waals surface area contributed by atoms with Crippen LogP contribution in [-0.4, -0.2) is 38.4 Å². The largest absolute Gasteiger partial charge is 0.339 e. The first-order valence-electron chi connectivity index (χ1n) is 10.0. The summed E-state index contributed by atoms with van der Waals surface area (Å²) in [6, 6.07) is 14.7. The Balaban J connectivity index is 1.57. The molecule has 0 aliphatic heterocycles. The van der Waals surface area contributed by atoms with Gasteiger partial charge in [0.2, 0.25) is 15.9 Å². The minimum atomic E-state index is -3.62. The minimum Gasteiger partial charge on any atom is -0.339 e. The van der Waals surface area contributed by atoms with Gasteiger partial charge in [-0.1, -0.05) is 43.2 Å². The van der Waals surface area contributed by atoms with Gasteiger partial charge < -0.3 is 4.90 Å². The Morgan fingerprint density at radius 2 is 1.69 bits per heavy atom. The Hall–Kier alpha value is -2.25. The molecule has 1 fully saturated rings. The van der Waals surface area contributed by atoms with Crippen LogP contribution in [0.1, 0.15) is 37.7 Å². The molecule has 5 nitrogen and oxygen atoms in total. The van der Waals surface area contributed by atoms with Gasteiger partial charge in [-0.3, -0.25) is 4.79 Å². The van der Waals surface area contributed by atoms with Crippen LogP contribution in [0.15, 0.2) is 59.5 Å². The van der Waals surface area contributed by atoms with Crippen molar-refractivity contribution in [1.82, 2.24) is 9.62 Å². The highest BCUT2D eigenvalue weighted by Gasteiger charge is 2.26. The van der Waals surface area contributed by atoms with E-state index in [2.05, 4.69) is 4.72 Å². The predicted molar refractivity (Wildman–Crippen MR) is 110 cm³/mol. The van der Waals surface area contributed by atoms with Crippen LogP contribution in [-0.2, 0) is 21.2 Å². The molecule has 0 atom stereocenters. The smallest absolute Gasteiger partial charge is 0.240 e. The van der Waals surface area contributed by atoms with Crippen LogP contribution >= 0.6 is 0 Å². The normalized spacial score (nSPS) is 14.8. The van der Waals surface area contributed by atoms with Crippen molar-refractivity contribution in [2.75, 3.05) is 13.1 Å². The molecule has 0 bridgehead atoms. The topological polar surface area (TPSA) is 66.5 Å². The van der Waals surface area contributed by atoms with Crippen molar-refractivity contribution in [3.8, 4) is 0 Å². The number of carbonyl (C=O) groups is 1. The molecule has 0 spiro atoms. The molecule has 0 unspecified atom stereocenters. The zero-order chi connectivity index (χ0) is 20.7. The van der Waals surface area contributed by atoms with E-state index in [1.54, 1.807) is 30.3 Å². The van der Waals surface area contributed by atoms with Gasteiger partial charge in [0.25, 0.3) is 0 Å². The summed E-state index contributed by atoms with van der Waals surface area (Å²) >= 11 is 0. The second kappa shape index (κ2) is 9.98. The molecule has 1 aliphatic carbocycles. The van der Waals surface area contributed by atoms with Crippen molar-refractivity contribution in [2.45, 2.75) is 49.5 Å². The SMILES string of the molecule is O=C(CCNS(=O)(=O)c1ccccc1)N(CCc1ccc(F)cc1)C1CCCC1. The summed E-state index contributed by atoms with van der Waals surface area (Å²) in [5.41, 5.74) is 0.979. The van der Waals surface area contributed by atoms with Crippen LogP contribution in [0.4, 0.5) is 4.39 Å². The van der Waals surface area contributed by atoms with Crippen molar-refractivity contribution in [1.29, 1.82) is 0 Å². The van der Waals surface area contributed by atoms with E-state index in [1.807, 2.05) is 4.90 Å². The maximum Gasteiger partial charge on any atom is 0.240 e. The third kappa shape index (κ3) is 6.11. The van der Waals surface area contributed by atoms with Crippen LogP contribution < -0.4 is 4.72 Å². The van der Waals surface area contributed by atoms with Crippen LogP contribution in [0.25, 0.3) is 0 Å². The van der Waals surface area contributed by atoms with Gasteiger partial charge in [-0.2, -0.15) is 0 Å². The average Bonchev–Trinajstić information content (AvgIpc) is 3.24. The highest BCUT2D eigenvalue weighted by atomic mass is 32.2. The number of nitrogens with one attached hydrogen (secondary N) is 1. The monoisotopic (exact) mass is 418 g/mol. The Morgan fingerprint density at radius 3 is 2.34 bits per heavy atom. The van der Waals surface area contributed by atoms with E-state index in [1.165, 1.54) is 24.3 Å². The molecule has 156 valence electrons. The lowest BCUT2D eigenvalue weighted by molar-refractivity contribution is -0.133. The van der Waals surface area contributed by atoms with Crippen molar-refractivity contribution in [3.05, 3.63) is 66.0 Å². The van der Waals surface area contributed by atoms with Crippen molar-refractivity contribution in [2.24, 2.45) is 0 Å². The van der Waals surface area contributed by atoms with Gasteiger partial charge in [0, 0.05) is 25.6 Å². The fourth-order valence-electron chi connectivity index (χ4n) is 3.75. The zero-order valence-corrected chi connectivity index (χ0v) is 17.2. The Kier molecular flexibility index (Phi) is 7.39. The summed E-state index contributed by atoms with van der Waals surface area (Å²) in [6.07, 6.45) is 4.93. The second-order valence-corrected chi connectivity index (χ2v) is 9.13. The molecule has 29 heavy (non-hydrogen) atoms. The number of rotatable bonds is 9. The van der Waals surface area contributed by atoms with Gasteiger partial charge in [-0.05, 0) is 49.1 Å². The van der Waals surface area contributed by atoms with E-state index in [0.29, 0.717) is 13.0 Å². The molecule has 0 saturated heterocycles. The average molecular weight is 419 g/mol. The van der Waals surface area contributed by atoms with Gasteiger partial charge in [-0.15, -0.1) is 0 Å². The number of sulfonamides is 1. The molecular weight excluding hydrogens is 391 g/mol. The summed E-state index contributed by atoms with van der Waals surface area (Å²) in [7, 11) is -3.62. The number of hydrogen-bond donors (Lipinski definition) is 1. The first-order valence-corrected chi connectivity index (χ1v) is 11.5. The van der Waals surface area contributed by atoms with E-state index < -0.39 is 10.0 Å². The van der Waals surface area contributed by atoms with E-state index in [4.69, 9.17) is 0 Å². The maximum atomic E-state index is 13.1. The molecule has 3 rings (SSSR count). The summed E-state index contributed by atoms with van der Waals surface area (Å²) in [6.45, 7) is 0.621. The lowest BCUT2D eigenvalue weighted by atomic mass is 10.1. The van der Waals surface area contributed by atoms with Crippen LogP contribution in [0.3, 0.4) is 0 Å². The van der Waals surface area contributed by atoms with E-state index in [-0.39, 0.29) is 35.6 Å². The van der Waals surface area contributed by atoms with Crippen molar-refractivity contribution >= 4 is 15.9 Å². The molecule has 1 amide bonds. The molecule has 2 aromatic carbocycles. The number of benzene rings is 2. The predicted octanol–water partition coefficient (Wildman–Crippen LogP) is 3.51. The Bertz CT molecular complexity index is 895. The van der Waals surface area contributed by atoms with E-state index in [9.17, 15) is 17.6 Å². The standard InChI is InChI=1S/C22H27FN2O3S/c23-19-12-10-18(11-13-19)15-17-25(20-6-4-5-7-20)22(26)14-16-24-29(27,28)21-8-2-1-3-9-21/h1-3,8-13,20,24H,4-7,14-17H2. The molecule has 1 N–H and O–H groups in total. The lowest BCUT2D eigenvalue weighted by Gasteiger charge is -2.29. The van der Waals surface area contributed by atoms with Crippen LogP contribution in [0, 0.1) is 5.82 Å². The van der Waals surface area contributed by atoms with Gasteiger partial charge in [0.05, 0.1) is 4.90 Å².